The van der Waals surface area contributed by atoms with E-state index < -0.39 is 17.9 Å². The number of aromatic nitrogens is 2. The number of ether oxygens (including phenoxy) is 1. The Bertz CT molecular complexity index is 683. The van der Waals surface area contributed by atoms with E-state index >= 15 is 0 Å². The minimum atomic E-state index is -4.48. The van der Waals surface area contributed by atoms with Crippen LogP contribution in [-0.2, 0) is 22.3 Å². The number of carbonyl (C=O) groups is 1. The minimum absolute atomic E-state index is 0.117. The molecule has 3 N–H and O–H groups in total. The summed E-state index contributed by atoms with van der Waals surface area (Å²) in [5, 5.41) is 6.14. The first-order valence-electron chi connectivity index (χ1n) is 7.05. The van der Waals surface area contributed by atoms with Crippen molar-refractivity contribution in [1.82, 2.24) is 15.1 Å². The van der Waals surface area contributed by atoms with E-state index in [2.05, 4.69) is 10.4 Å². The number of benzene rings is 1. The Kier molecular flexibility index (Phi) is 5.58. The molecule has 1 aromatic heterocycles. The van der Waals surface area contributed by atoms with Crippen LogP contribution in [0.4, 0.5) is 13.2 Å². The molecule has 24 heavy (non-hydrogen) atoms. The molecule has 0 aliphatic rings. The van der Waals surface area contributed by atoms with Crippen LogP contribution in [-0.4, -0.2) is 35.4 Å². The Hall–Kier alpha value is -2.39. The molecule has 1 unspecified atom stereocenters. The molecule has 1 aromatic carbocycles. The standard InChI is InChI=1S/C15H17F3N4O2/c1-24-9-12(19)14(23)20-8-10-2-4-11(5-3-10)22-7-6-13(21-22)15(16,17)18/h2-7,12H,8-9,19H2,1H3,(H,20,23). The van der Waals surface area contributed by atoms with E-state index in [1.54, 1.807) is 24.3 Å². The summed E-state index contributed by atoms with van der Waals surface area (Å²) >= 11 is 0. The molecular weight excluding hydrogens is 325 g/mol. The van der Waals surface area contributed by atoms with Crippen LogP contribution in [0, 0.1) is 0 Å². The second kappa shape index (κ2) is 7.45. The monoisotopic (exact) mass is 342 g/mol. The van der Waals surface area contributed by atoms with Crippen LogP contribution in [0.5, 0.6) is 0 Å². The molecule has 2 rings (SSSR count). The van der Waals surface area contributed by atoms with Crippen molar-refractivity contribution in [1.29, 1.82) is 0 Å². The Balaban J connectivity index is 1.98. The quantitative estimate of drug-likeness (QED) is 0.833. The fourth-order valence-electron chi connectivity index (χ4n) is 1.96. The minimum Gasteiger partial charge on any atom is -0.383 e. The smallest absolute Gasteiger partial charge is 0.383 e. The average Bonchev–Trinajstić information content (AvgIpc) is 3.03. The molecule has 0 bridgehead atoms. The van der Waals surface area contributed by atoms with Gasteiger partial charge in [0.05, 0.1) is 12.3 Å². The number of nitrogens with zero attached hydrogens (tertiary/aromatic N) is 2. The molecule has 0 spiro atoms. The third kappa shape index (κ3) is 4.56. The number of hydrogen-bond acceptors (Lipinski definition) is 4. The van der Waals surface area contributed by atoms with Crippen LogP contribution in [0.3, 0.4) is 0 Å². The van der Waals surface area contributed by atoms with Crippen molar-refractivity contribution in [2.75, 3.05) is 13.7 Å². The number of rotatable bonds is 6. The number of methoxy groups -OCH3 is 1. The number of hydrogen-bond donors (Lipinski definition) is 2. The zero-order valence-corrected chi connectivity index (χ0v) is 12.9. The summed E-state index contributed by atoms with van der Waals surface area (Å²) in [5.74, 6) is -0.345. The Morgan fingerprint density at radius 2 is 2.00 bits per heavy atom. The van der Waals surface area contributed by atoms with Crippen LogP contribution >= 0.6 is 0 Å². The van der Waals surface area contributed by atoms with Gasteiger partial charge in [-0.2, -0.15) is 18.3 Å². The molecule has 2 aromatic rings. The Morgan fingerprint density at radius 3 is 2.54 bits per heavy atom. The third-order valence-electron chi connectivity index (χ3n) is 3.23. The number of carbonyl (C=O) groups excluding carboxylic acids is 1. The molecule has 9 heteroatoms. The first-order chi connectivity index (χ1) is 11.3. The molecule has 1 atom stereocenters. The maximum absolute atomic E-state index is 12.5. The Labute approximate surface area is 136 Å². The lowest BCUT2D eigenvalue weighted by Crippen LogP contribution is -2.43. The summed E-state index contributed by atoms with van der Waals surface area (Å²) in [7, 11) is 1.45. The number of nitrogens with one attached hydrogen (secondary N) is 1. The summed E-state index contributed by atoms with van der Waals surface area (Å²) in [5.41, 5.74) is 5.90. The van der Waals surface area contributed by atoms with Crippen LogP contribution in [0.2, 0.25) is 0 Å². The van der Waals surface area contributed by atoms with Crippen LogP contribution in [0.1, 0.15) is 11.3 Å². The summed E-state index contributed by atoms with van der Waals surface area (Å²) in [6, 6.07) is 6.76. The summed E-state index contributed by atoms with van der Waals surface area (Å²) in [6.07, 6.45) is -3.24. The van der Waals surface area contributed by atoms with Gasteiger partial charge in [-0.05, 0) is 23.8 Å². The van der Waals surface area contributed by atoms with Crippen molar-refractivity contribution >= 4 is 5.91 Å². The van der Waals surface area contributed by atoms with Crippen LogP contribution in [0.15, 0.2) is 36.5 Å². The second-order valence-electron chi connectivity index (χ2n) is 5.09. The van der Waals surface area contributed by atoms with Gasteiger partial charge in [0.1, 0.15) is 6.04 Å². The lowest BCUT2D eigenvalue weighted by molar-refractivity contribution is -0.141. The predicted octanol–water partition coefficient (Wildman–Crippen LogP) is 1.48. The van der Waals surface area contributed by atoms with E-state index in [-0.39, 0.29) is 19.1 Å². The van der Waals surface area contributed by atoms with Gasteiger partial charge in [0, 0.05) is 19.9 Å². The number of halogens is 3. The van der Waals surface area contributed by atoms with Gasteiger partial charge in [0.25, 0.3) is 0 Å². The fourth-order valence-corrected chi connectivity index (χ4v) is 1.96. The molecule has 1 amide bonds. The highest BCUT2D eigenvalue weighted by Crippen LogP contribution is 2.27. The maximum Gasteiger partial charge on any atom is 0.435 e. The lowest BCUT2D eigenvalue weighted by Gasteiger charge is -2.11. The SMILES string of the molecule is COCC(N)C(=O)NCc1ccc(-n2ccc(C(F)(F)F)n2)cc1. The summed E-state index contributed by atoms with van der Waals surface area (Å²) in [6.45, 7) is 0.370. The molecular formula is C15H17F3N4O2. The first kappa shape index (κ1) is 18.0. The third-order valence-corrected chi connectivity index (χ3v) is 3.23. The van der Waals surface area contributed by atoms with E-state index in [0.717, 1.165) is 16.3 Å². The van der Waals surface area contributed by atoms with Crippen molar-refractivity contribution in [3.63, 3.8) is 0 Å². The fraction of sp³-hybridized carbons (Fsp3) is 0.333. The molecule has 0 aliphatic heterocycles. The van der Waals surface area contributed by atoms with Gasteiger partial charge >= 0.3 is 6.18 Å². The molecule has 6 nitrogen and oxygen atoms in total. The zero-order chi connectivity index (χ0) is 17.7. The van der Waals surface area contributed by atoms with E-state index in [4.69, 9.17) is 10.5 Å². The van der Waals surface area contributed by atoms with E-state index in [1.165, 1.54) is 13.3 Å². The molecule has 0 radical (unpaired) electrons. The van der Waals surface area contributed by atoms with Gasteiger partial charge < -0.3 is 15.8 Å². The number of alkyl halides is 3. The highest BCUT2D eigenvalue weighted by Gasteiger charge is 2.33. The van der Waals surface area contributed by atoms with Gasteiger partial charge in [-0.25, -0.2) is 4.68 Å². The molecule has 0 aliphatic carbocycles. The van der Waals surface area contributed by atoms with Crippen molar-refractivity contribution in [2.24, 2.45) is 5.73 Å². The van der Waals surface area contributed by atoms with Gasteiger partial charge in [-0.1, -0.05) is 12.1 Å². The lowest BCUT2D eigenvalue weighted by atomic mass is 10.2. The highest BCUT2D eigenvalue weighted by molar-refractivity contribution is 5.81. The molecule has 130 valence electrons. The number of amides is 1. The normalized spacial score (nSPS) is 12.9. The average molecular weight is 342 g/mol. The van der Waals surface area contributed by atoms with Crippen LogP contribution < -0.4 is 11.1 Å². The largest absolute Gasteiger partial charge is 0.435 e. The zero-order valence-electron chi connectivity index (χ0n) is 12.9. The topological polar surface area (TPSA) is 82.2 Å². The van der Waals surface area contributed by atoms with Gasteiger partial charge in [-0.15, -0.1) is 0 Å². The maximum atomic E-state index is 12.5. The molecule has 1 heterocycles. The Morgan fingerprint density at radius 1 is 1.33 bits per heavy atom. The molecule has 0 saturated heterocycles. The van der Waals surface area contributed by atoms with Crippen molar-refractivity contribution < 1.29 is 22.7 Å². The second-order valence-corrected chi connectivity index (χ2v) is 5.09. The van der Waals surface area contributed by atoms with Crippen LogP contribution in [0.25, 0.3) is 5.69 Å². The van der Waals surface area contributed by atoms with E-state index in [0.29, 0.717) is 5.69 Å². The summed E-state index contributed by atoms with van der Waals surface area (Å²) < 4.78 is 43.6. The molecule has 0 saturated carbocycles. The summed E-state index contributed by atoms with van der Waals surface area (Å²) in [4.78, 5) is 11.7. The van der Waals surface area contributed by atoms with E-state index in [9.17, 15) is 18.0 Å². The van der Waals surface area contributed by atoms with Crippen molar-refractivity contribution in [2.45, 2.75) is 18.8 Å². The van der Waals surface area contributed by atoms with Gasteiger partial charge in [0.2, 0.25) is 5.91 Å². The van der Waals surface area contributed by atoms with Crippen molar-refractivity contribution in [3.8, 4) is 5.69 Å². The van der Waals surface area contributed by atoms with E-state index in [1.807, 2.05) is 0 Å². The predicted molar refractivity (Wildman–Crippen MR) is 80.3 cm³/mol. The first-order valence-corrected chi connectivity index (χ1v) is 7.05. The van der Waals surface area contributed by atoms with Gasteiger partial charge in [-0.3, -0.25) is 4.79 Å². The highest BCUT2D eigenvalue weighted by atomic mass is 19.4. The van der Waals surface area contributed by atoms with Gasteiger partial charge in [0.15, 0.2) is 5.69 Å². The van der Waals surface area contributed by atoms with Crippen molar-refractivity contribution in [3.05, 3.63) is 47.8 Å². The number of nitrogens with two attached hydrogens (primary N) is 1. The molecule has 0 fully saturated rings.